The van der Waals surface area contributed by atoms with Crippen LogP contribution in [0.1, 0.15) is 126 Å². The van der Waals surface area contributed by atoms with Gasteiger partial charge in [0.25, 0.3) is 0 Å². The number of carbonyl (C=O) groups excluding carboxylic acids is 2. The predicted octanol–water partition coefficient (Wildman–Crippen LogP) is 14.6. The van der Waals surface area contributed by atoms with Crippen LogP contribution in [-0.2, 0) is 25.8 Å². The van der Waals surface area contributed by atoms with Crippen LogP contribution in [0.4, 0.5) is 17.1 Å². The van der Waals surface area contributed by atoms with Crippen molar-refractivity contribution >= 4 is 53.3 Å². The molecule has 0 N–H and O–H groups in total. The molecule has 0 spiro atoms. The number of fused-ring (bicyclic) bond motifs is 7. The molecule has 0 aromatic heterocycles. The summed E-state index contributed by atoms with van der Waals surface area (Å²) >= 11 is 0. The van der Waals surface area contributed by atoms with Crippen LogP contribution in [-0.4, -0.2) is 19.7 Å². The molecular formula is C62H61BN2O2. The number of amides is 2. The highest BCUT2D eigenvalue weighted by molar-refractivity contribution is 6.40. The zero-order valence-electron chi connectivity index (χ0n) is 41.2. The number of hydrogen-bond donors (Lipinski definition) is 0. The second kappa shape index (κ2) is 15.8. The Kier molecular flexibility index (Phi) is 10.5. The molecule has 2 bridgehead atoms. The molecule has 2 aliphatic heterocycles. The second-order valence-electron chi connectivity index (χ2n) is 21.6. The molecule has 2 aliphatic carbocycles. The van der Waals surface area contributed by atoms with Gasteiger partial charge in [0.2, 0.25) is 11.8 Å². The van der Waals surface area contributed by atoms with Crippen LogP contribution >= 0.6 is 0 Å². The van der Waals surface area contributed by atoms with Crippen LogP contribution in [0.15, 0.2) is 133 Å². The molecule has 0 saturated carbocycles. The third-order valence-electron chi connectivity index (χ3n) is 15.8. The fourth-order valence-electron chi connectivity index (χ4n) is 11.7. The molecule has 2 heterocycles. The number of benzene rings is 6. The first kappa shape index (κ1) is 44.4. The molecule has 10 rings (SSSR count). The maximum atomic E-state index is 13.4. The Morgan fingerprint density at radius 3 is 1.79 bits per heavy atom. The van der Waals surface area contributed by atoms with Gasteiger partial charge in [-0.3, -0.25) is 14.5 Å². The highest BCUT2D eigenvalue weighted by Gasteiger charge is 2.40. The molecule has 4 nitrogen and oxygen atoms in total. The Bertz CT molecular complexity index is 3170. The van der Waals surface area contributed by atoms with Crippen LogP contribution in [0, 0.1) is 20.8 Å². The fourth-order valence-corrected chi connectivity index (χ4v) is 11.7. The third-order valence-corrected chi connectivity index (χ3v) is 15.8. The summed E-state index contributed by atoms with van der Waals surface area (Å²) in [7, 11) is 7.86. The molecule has 2 radical (unpaired) electrons. The Labute approximate surface area is 399 Å². The molecule has 6 aromatic carbocycles. The first-order valence-corrected chi connectivity index (χ1v) is 24.0. The normalized spacial score (nSPS) is 18.9. The number of imide groups is 1. The van der Waals surface area contributed by atoms with Gasteiger partial charge in [0.15, 0.2) is 0 Å². The van der Waals surface area contributed by atoms with Gasteiger partial charge in [-0.05, 0) is 179 Å². The van der Waals surface area contributed by atoms with E-state index < -0.39 is 0 Å². The minimum Gasteiger partial charge on any atom is -0.310 e. The smallest absolute Gasteiger partial charge is 0.234 e. The largest absolute Gasteiger partial charge is 0.310 e. The van der Waals surface area contributed by atoms with Crippen LogP contribution < -0.4 is 15.3 Å². The van der Waals surface area contributed by atoms with Gasteiger partial charge in [0.05, 0.1) is 17.1 Å². The van der Waals surface area contributed by atoms with E-state index in [1.165, 1.54) is 55.0 Å². The minimum atomic E-state index is -0.316. The van der Waals surface area contributed by atoms with Gasteiger partial charge in [0, 0.05) is 35.1 Å². The maximum absolute atomic E-state index is 13.4. The van der Waals surface area contributed by atoms with Gasteiger partial charge in [-0.15, -0.1) is 0 Å². The lowest BCUT2D eigenvalue weighted by molar-refractivity contribution is -0.121. The van der Waals surface area contributed by atoms with Crippen molar-refractivity contribution in [2.24, 2.45) is 0 Å². The number of aryl methyl sites for hydroxylation is 3. The van der Waals surface area contributed by atoms with Gasteiger partial charge in [-0.25, -0.2) is 0 Å². The van der Waals surface area contributed by atoms with Crippen molar-refractivity contribution in [1.82, 2.24) is 0 Å². The zero-order valence-corrected chi connectivity index (χ0v) is 41.2. The number of carbonyl (C=O) groups is 2. The lowest BCUT2D eigenvalue weighted by Crippen LogP contribution is -2.34. The summed E-state index contributed by atoms with van der Waals surface area (Å²) in [6.07, 6.45) is 7.43. The molecule has 5 heteroatoms. The molecule has 2 amide bonds. The lowest BCUT2D eigenvalue weighted by atomic mass is 9.61. The Balaban J connectivity index is 1.43. The van der Waals surface area contributed by atoms with Gasteiger partial charge in [0.1, 0.15) is 7.85 Å². The highest BCUT2D eigenvalue weighted by atomic mass is 16.2. The summed E-state index contributed by atoms with van der Waals surface area (Å²) in [6.45, 7) is 25.5. The first-order chi connectivity index (χ1) is 31.8. The quantitative estimate of drug-likeness (QED) is 0.131. The van der Waals surface area contributed by atoms with Crippen LogP contribution in [0.25, 0.3) is 44.5 Å². The molecule has 1 fully saturated rings. The maximum Gasteiger partial charge on any atom is 0.234 e. The Morgan fingerprint density at radius 1 is 0.522 bits per heavy atom. The van der Waals surface area contributed by atoms with E-state index in [4.69, 9.17) is 7.85 Å². The number of nitrogens with zero attached hydrogens (tertiary/aromatic N) is 2. The molecule has 67 heavy (non-hydrogen) atoms. The van der Waals surface area contributed by atoms with E-state index in [0.717, 1.165) is 74.4 Å². The van der Waals surface area contributed by atoms with E-state index in [1.54, 1.807) is 0 Å². The van der Waals surface area contributed by atoms with E-state index in [-0.39, 0.29) is 40.9 Å². The summed E-state index contributed by atoms with van der Waals surface area (Å²) in [4.78, 5) is 30.5. The van der Waals surface area contributed by atoms with E-state index in [9.17, 15) is 9.59 Å². The fraction of sp³-hybridized carbons (Fsp3) is 0.290. The van der Waals surface area contributed by atoms with E-state index >= 15 is 0 Å². The molecule has 6 aromatic rings. The Morgan fingerprint density at radius 2 is 1.13 bits per heavy atom. The van der Waals surface area contributed by atoms with E-state index in [2.05, 4.69) is 172 Å². The molecule has 4 aliphatic rings. The summed E-state index contributed by atoms with van der Waals surface area (Å²) in [5.41, 5.74) is 23.4. The highest BCUT2D eigenvalue weighted by Crippen LogP contribution is 2.53. The molecule has 1 saturated heterocycles. The van der Waals surface area contributed by atoms with Crippen molar-refractivity contribution in [1.29, 1.82) is 0 Å². The van der Waals surface area contributed by atoms with Crippen molar-refractivity contribution in [2.75, 3.05) is 9.80 Å². The topological polar surface area (TPSA) is 40.6 Å². The first-order valence-electron chi connectivity index (χ1n) is 24.0. The summed E-state index contributed by atoms with van der Waals surface area (Å²) in [5.74, 6) is -0.359. The van der Waals surface area contributed by atoms with Crippen molar-refractivity contribution in [2.45, 2.75) is 118 Å². The van der Waals surface area contributed by atoms with Crippen LogP contribution in [0.5, 0.6) is 0 Å². The molecule has 334 valence electrons. The zero-order chi connectivity index (χ0) is 47.5. The SMILES string of the molecule is [B]c1c2cc(-c3c(C)cc(C)cc3C)cc1N(c1ccc(N3C(=O)CCC3=O)cc1-c1ccccc1)C1=C(/C=C(\C)C(C)(C)c3ccccc3C(C)=C1)c1cc3c(cc1-2)C(C)(C)CCC3(C)C. The molecular weight excluding hydrogens is 816 g/mol. The molecule has 0 unspecified atom stereocenters. The average molecular weight is 877 g/mol. The van der Waals surface area contributed by atoms with Crippen molar-refractivity contribution < 1.29 is 9.59 Å². The predicted molar refractivity (Wildman–Crippen MR) is 282 cm³/mol. The van der Waals surface area contributed by atoms with E-state index in [1.807, 2.05) is 30.3 Å². The summed E-state index contributed by atoms with van der Waals surface area (Å²) < 4.78 is 0. The van der Waals surface area contributed by atoms with Crippen LogP contribution in [0.2, 0.25) is 0 Å². The summed E-state index contributed by atoms with van der Waals surface area (Å²) in [6, 6.07) is 39.5. The third kappa shape index (κ3) is 7.19. The Hall–Kier alpha value is -6.46. The van der Waals surface area contributed by atoms with E-state index in [0.29, 0.717) is 11.2 Å². The minimum absolute atomic E-state index is 0.0421. The summed E-state index contributed by atoms with van der Waals surface area (Å²) in [5, 5.41) is 0. The van der Waals surface area contributed by atoms with Gasteiger partial charge < -0.3 is 4.90 Å². The van der Waals surface area contributed by atoms with Gasteiger partial charge in [-0.1, -0.05) is 131 Å². The monoisotopic (exact) mass is 876 g/mol. The standard InChI is InChI=1S/C62H61BN2O2/c1-36-27-38(3)58(39(4)28-36)42-31-49-47-35-52-51(60(6,7)25-26-61(52,8)9)34-46(47)48-30-40(5)62(10,11)50-20-16-15-19-44(50)37(2)29-54(48)65(55(32-42)59(49)63)53-22-21-43(64-56(66)23-24-57(64)67)33-45(53)41-17-13-12-14-18-41/h12-22,27-35H,23-26H2,1-11H3/b37-29?,40-30+,54-48?. The lowest BCUT2D eigenvalue weighted by Gasteiger charge is -2.43. The number of rotatable bonds is 4. The average Bonchev–Trinajstić information content (AvgIpc) is 3.64. The van der Waals surface area contributed by atoms with Gasteiger partial charge in [-0.2, -0.15) is 0 Å². The number of allylic oxidation sites excluding steroid dienone is 5. The van der Waals surface area contributed by atoms with Crippen molar-refractivity contribution in [3.05, 3.63) is 177 Å². The van der Waals surface area contributed by atoms with Crippen LogP contribution in [0.3, 0.4) is 0 Å². The second-order valence-corrected chi connectivity index (χ2v) is 21.6. The number of hydrogen-bond acceptors (Lipinski definition) is 3. The van der Waals surface area contributed by atoms with Crippen molar-refractivity contribution in [3.63, 3.8) is 0 Å². The van der Waals surface area contributed by atoms with Crippen molar-refractivity contribution in [3.8, 4) is 33.4 Å². The van der Waals surface area contributed by atoms with Gasteiger partial charge >= 0.3 is 0 Å². The number of anilines is 3. The molecule has 0 atom stereocenters.